The van der Waals surface area contributed by atoms with Crippen LogP contribution in [0.3, 0.4) is 0 Å². The number of rotatable bonds is 4. The van der Waals surface area contributed by atoms with Crippen LogP contribution in [0, 0.1) is 12.8 Å². The van der Waals surface area contributed by atoms with E-state index in [1.165, 1.54) is 6.20 Å². The second-order valence-corrected chi connectivity index (χ2v) is 5.81. The topological polar surface area (TPSA) is 123 Å². The number of nitrogen functional groups attached to an aromatic ring is 1. The molecule has 0 amide bonds. The lowest BCUT2D eigenvalue weighted by Gasteiger charge is -2.33. The molecule has 0 aromatic carbocycles. The zero-order valence-corrected chi connectivity index (χ0v) is 12.9. The summed E-state index contributed by atoms with van der Waals surface area (Å²) in [5.74, 6) is 0.408. The van der Waals surface area contributed by atoms with Crippen LogP contribution >= 0.6 is 0 Å². The molecule has 23 heavy (non-hydrogen) atoms. The van der Waals surface area contributed by atoms with Crippen molar-refractivity contribution in [2.75, 3.05) is 23.7 Å². The van der Waals surface area contributed by atoms with Crippen molar-refractivity contribution < 1.29 is 9.90 Å². The smallest absolute Gasteiger partial charge is 0.358 e. The first-order valence-corrected chi connectivity index (χ1v) is 7.51. The SMILES string of the molecule is Cc1cc(N2CCC[C@H](Cn3cc(C(=O)O)nn3)C2)nc(N)n1. The fourth-order valence-corrected chi connectivity index (χ4v) is 2.91. The first-order chi connectivity index (χ1) is 11.0. The lowest BCUT2D eigenvalue weighted by molar-refractivity contribution is 0.0690. The molecule has 9 heteroatoms. The van der Waals surface area contributed by atoms with Crippen LogP contribution < -0.4 is 10.6 Å². The Balaban J connectivity index is 1.69. The molecular weight excluding hydrogens is 298 g/mol. The molecule has 0 unspecified atom stereocenters. The van der Waals surface area contributed by atoms with E-state index in [9.17, 15) is 4.79 Å². The molecule has 1 fully saturated rings. The summed E-state index contributed by atoms with van der Waals surface area (Å²) < 4.78 is 1.59. The summed E-state index contributed by atoms with van der Waals surface area (Å²) in [7, 11) is 0. The largest absolute Gasteiger partial charge is 0.476 e. The minimum Gasteiger partial charge on any atom is -0.476 e. The Morgan fingerprint density at radius 1 is 1.48 bits per heavy atom. The molecule has 0 saturated carbocycles. The van der Waals surface area contributed by atoms with Gasteiger partial charge in [-0.25, -0.2) is 9.78 Å². The molecule has 122 valence electrons. The second-order valence-electron chi connectivity index (χ2n) is 5.81. The Hall–Kier alpha value is -2.71. The highest BCUT2D eigenvalue weighted by molar-refractivity contribution is 5.84. The molecule has 0 radical (unpaired) electrons. The quantitative estimate of drug-likeness (QED) is 0.839. The Morgan fingerprint density at radius 3 is 3.00 bits per heavy atom. The third-order valence-corrected chi connectivity index (χ3v) is 3.90. The number of hydrogen-bond donors (Lipinski definition) is 2. The lowest BCUT2D eigenvalue weighted by Crippen LogP contribution is -2.37. The van der Waals surface area contributed by atoms with Gasteiger partial charge >= 0.3 is 5.97 Å². The number of aryl methyl sites for hydroxylation is 1. The van der Waals surface area contributed by atoms with Crippen molar-refractivity contribution >= 4 is 17.7 Å². The van der Waals surface area contributed by atoms with Gasteiger partial charge in [-0.2, -0.15) is 4.98 Å². The van der Waals surface area contributed by atoms with E-state index >= 15 is 0 Å². The number of carboxylic acids is 1. The van der Waals surface area contributed by atoms with Gasteiger partial charge in [0.2, 0.25) is 5.95 Å². The highest BCUT2D eigenvalue weighted by atomic mass is 16.4. The summed E-state index contributed by atoms with van der Waals surface area (Å²) in [4.78, 5) is 21.4. The number of carboxylic acid groups (broad SMARTS) is 1. The van der Waals surface area contributed by atoms with E-state index in [0.717, 1.165) is 37.4 Å². The van der Waals surface area contributed by atoms with Gasteiger partial charge in [0.15, 0.2) is 5.69 Å². The zero-order valence-electron chi connectivity index (χ0n) is 12.9. The average molecular weight is 317 g/mol. The van der Waals surface area contributed by atoms with Crippen molar-refractivity contribution in [1.82, 2.24) is 25.0 Å². The van der Waals surface area contributed by atoms with E-state index in [4.69, 9.17) is 10.8 Å². The maximum Gasteiger partial charge on any atom is 0.358 e. The van der Waals surface area contributed by atoms with Gasteiger partial charge in [0.25, 0.3) is 0 Å². The minimum atomic E-state index is -1.06. The molecule has 2 aromatic rings. The Kier molecular flexibility index (Phi) is 4.09. The van der Waals surface area contributed by atoms with E-state index in [1.54, 1.807) is 4.68 Å². The summed E-state index contributed by atoms with van der Waals surface area (Å²) in [6.07, 6.45) is 3.56. The maximum absolute atomic E-state index is 10.9. The van der Waals surface area contributed by atoms with E-state index in [2.05, 4.69) is 25.2 Å². The third-order valence-electron chi connectivity index (χ3n) is 3.90. The Bertz CT molecular complexity index is 695. The highest BCUT2D eigenvalue weighted by Crippen LogP contribution is 2.23. The van der Waals surface area contributed by atoms with Crippen molar-refractivity contribution in [1.29, 1.82) is 0 Å². The molecule has 3 heterocycles. The number of nitrogens with two attached hydrogens (primary N) is 1. The molecule has 1 atom stereocenters. The van der Waals surface area contributed by atoms with E-state index in [0.29, 0.717) is 12.5 Å². The number of carbonyl (C=O) groups is 1. The van der Waals surface area contributed by atoms with Crippen LogP contribution in [0.15, 0.2) is 12.3 Å². The molecule has 2 aromatic heterocycles. The van der Waals surface area contributed by atoms with Crippen molar-refractivity contribution in [3.63, 3.8) is 0 Å². The normalized spacial score (nSPS) is 18.1. The fraction of sp³-hybridized carbons (Fsp3) is 0.500. The van der Waals surface area contributed by atoms with Gasteiger partial charge in [-0.05, 0) is 25.7 Å². The van der Waals surface area contributed by atoms with Crippen molar-refractivity contribution in [2.24, 2.45) is 5.92 Å². The molecule has 0 bridgehead atoms. The summed E-state index contributed by atoms with van der Waals surface area (Å²) >= 11 is 0. The van der Waals surface area contributed by atoms with Gasteiger partial charge < -0.3 is 15.7 Å². The van der Waals surface area contributed by atoms with Gasteiger partial charge in [0.05, 0.1) is 6.20 Å². The van der Waals surface area contributed by atoms with Gasteiger partial charge in [0, 0.05) is 31.4 Å². The van der Waals surface area contributed by atoms with E-state index in [-0.39, 0.29) is 11.6 Å². The minimum absolute atomic E-state index is 0.0307. The molecule has 1 aliphatic rings. The molecule has 3 N–H and O–H groups in total. The van der Waals surface area contributed by atoms with Crippen molar-refractivity contribution in [3.05, 3.63) is 23.7 Å². The molecule has 1 aliphatic heterocycles. The molecule has 0 spiro atoms. The van der Waals surface area contributed by atoms with Crippen molar-refractivity contribution in [2.45, 2.75) is 26.3 Å². The molecular formula is C14H19N7O2. The summed E-state index contributed by atoms with van der Waals surface area (Å²) in [5, 5.41) is 16.4. The number of aromatic nitrogens is 5. The molecule has 1 saturated heterocycles. The number of aromatic carboxylic acids is 1. The maximum atomic E-state index is 10.9. The summed E-state index contributed by atoms with van der Waals surface area (Å²) in [6.45, 7) is 4.27. The molecule has 0 aliphatic carbocycles. The lowest BCUT2D eigenvalue weighted by atomic mass is 9.98. The number of anilines is 2. The number of piperidine rings is 1. The van der Waals surface area contributed by atoms with Crippen molar-refractivity contribution in [3.8, 4) is 0 Å². The average Bonchev–Trinajstić information content (AvgIpc) is 2.95. The summed E-state index contributed by atoms with van der Waals surface area (Å²) in [5.41, 5.74) is 6.54. The molecule has 9 nitrogen and oxygen atoms in total. The fourth-order valence-electron chi connectivity index (χ4n) is 2.91. The number of hydrogen-bond acceptors (Lipinski definition) is 7. The second kappa shape index (κ2) is 6.19. The van der Waals surface area contributed by atoms with Crippen LogP contribution in [-0.4, -0.2) is 49.1 Å². The predicted molar refractivity (Wildman–Crippen MR) is 83.1 cm³/mol. The summed E-state index contributed by atoms with van der Waals surface area (Å²) in [6, 6.07) is 1.93. The van der Waals surface area contributed by atoms with Gasteiger partial charge in [-0.15, -0.1) is 5.10 Å². The van der Waals surface area contributed by atoms with Gasteiger partial charge in [-0.1, -0.05) is 5.21 Å². The predicted octanol–water partition coefficient (Wildman–Crippen LogP) is 0.574. The first kappa shape index (κ1) is 15.2. The highest BCUT2D eigenvalue weighted by Gasteiger charge is 2.22. The molecule has 3 rings (SSSR count). The van der Waals surface area contributed by atoms with Gasteiger partial charge in [0.1, 0.15) is 5.82 Å². The third kappa shape index (κ3) is 3.55. The van der Waals surface area contributed by atoms with Crippen LogP contribution in [0.4, 0.5) is 11.8 Å². The van der Waals surface area contributed by atoms with Gasteiger partial charge in [-0.3, -0.25) is 4.68 Å². The Morgan fingerprint density at radius 2 is 2.30 bits per heavy atom. The van der Waals surface area contributed by atoms with Crippen LogP contribution in [0.2, 0.25) is 0 Å². The number of nitrogens with zero attached hydrogens (tertiary/aromatic N) is 6. The van der Waals surface area contributed by atoms with Crippen LogP contribution in [0.25, 0.3) is 0 Å². The van der Waals surface area contributed by atoms with Crippen LogP contribution in [-0.2, 0) is 6.54 Å². The monoisotopic (exact) mass is 317 g/mol. The van der Waals surface area contributed by atoms with E-state index in [1.807, 2.05) is 13.0 Å². The Labute approximate surface area is 133 Å². The standard InChI is InChI=1S/C14H19N7O2/c1-9-5-12(17-14(15)16-9)20-4-2-3-10(6-20)7-21-8-11(13(22)23)18-19-21/h5,8,10H,2-4,6-7H2,1H3,(H,22,23)(H2,15,16,17)/t10-/m0/s1. The van der Waals surface area contributed by atoms with Crippen LogP contribution in [0.1, 0.15) is 29.0 Å². The first-order valence-electron chi connectivity index (χ1n) is 7.51. The zero-order chi connectivity index (χ0) is 16.4. The van der Waals surface area contributed by atoms with E-state index < -0.39 is 5.97 Å². The van der Waals surface area contributed by atoms with Crippen LogP contribution in [0.5, 0.6) is 0 Å².